The lowest BCUT2D eigenvalue weighted by Gasteiger charge is -2.39. The van der Waals surface area contributed by atoms with E-state index in [1.54, 1.807) is 70.3 Å². The van der Waals surface area contributed by atoms with E-state index in [1.165, 1.54) is 11.0 Å². The van der Waals surface area contributed by atoms with Crippen LogP contribution in [-0.4, -0.2) is 52.7 Å². The highest BCUT2D eigenvalue weighted by molar-refractivity contribution is 5.99. The number of hydrogen-bond donors (Lipinski definition) is 3. The summed E-state index contributed by atoms with van der Waals surface area (Å²) in [5.74, 6) is -0.373. The van der Waals surface area contributed by atoms with E-state index < -0.39 is 41.6 Å². The molecule has 0 aliphatic heterocycles. The van der Waals surface area contributed by atoms with Crippen LogP contribution < -0.4 is 15.4 Å². The normalized spacial score (nSPS) is 13.7. The first-order valence-corrected chi connectivity index (χ1v) is 14.2. The van der Waals surface area contributed by atoms with Gasteiger partial charge in [-0.3, -0.25) is 9.59 Å². The molecule has 0 heterocycles. The summed E-state index contributed by atoms with van der Waals surface area (Å²) in [5.41, 5.74) is 0.0315. The maximum absolute atomic E-state index is 14.4. The molecule has 0 saturated heterocycles. The number of nitrogens with zero attached hydrogens (tertiary/aromatic N) is 1. The largest absolute Gasteiger partial charge is 0.508 e. The van der Waals surface area contributed by atoms with Crippen LogP contribution in [0.4, 0.5) is 10.5 Å². The Morgan fingerprint density at radius 3 is 2.05 bits per heavy atom. The maximum atomic E-state index is 14.4. The number of anilines is 1. The van der Waals surface area contributed by atoms with E-state index in [0.29, 0.717) is 23.8 Å². The standard InChI is InChI=1S/C32H47N3O6/c1-20(2)14-15-22(5)35(30(38)27(21(3)4)34-31(39)41-32(6,7)8)28(25-12-10-11-13-26(25)36)29(37)33-23-16-18-24(40-9)19-17-23/h10-13,16-22,27-28,36H,14-15H2,1-9H3,(H,33,37)(H,34,39). The van der Waals surface area contributed by atoms with Gasteiger partial charge in [0.2, 0.25) is 5.91 Å². The Hall–Kier alpha value is -3.75. The quantitative estimate of drug-likeness (QED) is 0.277. The SMILES string of the molecule is COc1ccc(NC(=O)C(c2ccccc2O)N(C(=O)C(NC(=O)OC(C)(C)C)C(C)C)C(C)CCC(C)C)cc1. The second-order valence-corrected chi connectivity index (χ2v) is 12.1. The molecule has 0 radical (unpaired) electrons. The number of phenolic OH excluding ortho intramolecular Hbond substituents is 1. The molecular weight excluding hydrogens is 522 g/mol. The van der Waals surface area contributed by atoms with Gasteiger partial charge in [-0.2, -0.15) is 0 Å². The average molecular weight is 570 g/mol. The molecule has 0 bridgehead atoms. The summed E-state index contributed by atoms with van der Waals surface area (Å²) in [7, 11) is 1.56. The maximum Gasteiger partial charge on any atom is 0.408 e. The number of benzene rings is 2. The van der Waals surface area contributed by atoms with Crippen LogP contribution in [0.1, 0.15) is 79.8 Å². The summed E-state index contributed by atoms with van der Waals surface area (Å²) in [4.78, 5) is 42.7. The number of carbonyl (C=O) groups is 3. The van der Waals surface area contributed by atoms with Gasteiger partial charge in [0.05, 0.1) is 7.11 Å². The number of ether oxygens (including phenoxy) is 2. The second kappa shape index (κ2) is 14.8. The van der Waals surface area contributed by atoms with Crippen LogP contribution in [0.5, 0.6) is 11.5 Å². The highest BCUT2D eigenvalue weighted by Crippen LogP contribution is 2.34. The lowest BCUT2D eigenvalue weighted by molar-refractivity contribution is -0.144. The van der Waals surface area contributed by atoms with E-state index in [0.717, 1.165) is 6.42 Å². The van der Waals surface area contributed by atoms with Crippen molar-refractivity contribution in [2.75, 3.05) is 12.4 Å². The number of methoxy groups -OCH3 is 1. The van der Waals surface area contributed by atoms with Crippen LogP contribution in [0.2, 0.25) is 0 Å². The average Bonchev–Trinajstić information content (AvgIpc) is 2.88. The molecule has 2 aromatic carbocycles. The lowest BCUT2D eigenvalue weighted by atomic mass is 9.94. The van der Waals surface area contributed by atoms with Crippen LogP contribution in [0.25, 0.3) is 0 Å². The molecule has 3 atom stereocenters. The number of hydrogen-bond acceptors (Lipinski definition) is 6. The number of alkyl carbamates (subject to hydrolysis) is 1. The highest BCUT2D eigenvalue weighted by atomic mass is 16.6. The van der Waals surface area contributed by atoms with E-state index in [2.05, 4.69) is 24.5 Å². The van der Waals surface area contributed by atoms with E-state index in [9.17, 15) is 19.5 Å². The first-order valence-electron chi connectivity index (χ1n) is 14.2. The molecule has 2 rings (SSSR count). The van der Waals surface area contributed by atoms with Gasteiger partial charge in [-0.25, -0.2) is 4.79 Å². The summed E-state index contributed by atoms with van der Waals surface area (Å²) in [6.07, 6.45) is 0.700. The molecule has 2 aromatic rings. The summed E-state index contributed by atoms with van der Waals surface area (Å²) >= 11 is 0. The Morgan fingerprint density at radius 2 is 1.54 bits per heavy atom. The highest BCUT2D eigenvalue weighted by Gasteiger charge is 2.40. The van der Waals surface area contributed by atoms with Gasteiger partial charge in [-0.1, -0.05) is 45.9 Å². The molecule has 0 saturated carbocycles. The molecule has 226 valence electrons. The number of para-hydroxylation sites is 1. The smallest absolute Gasteiger partial charge is 0.408 e. The van der Waals surface area contributed by atoms with Gasteiger partial charge >= 0.3 is 6.09 Å². The van der Waals surface area contributed by atoms with E-state index in [-0.39, 0.29) is 17.2 Å². The van der Waals surface area contributed by atoms with E-state index >= 15 is 0 Å². The fraction of sp³-hybridized carbons (Fsp3) is 0.531. The number of rotatable bonds is 12. The zero-order valence-electron chi connectivity index (χ0n) is 25.9. The third kappa shape index (κ3) is 9.99. The van der Waals surface area contributed by atoms with Gasteiger partial charge in [-0.15, -0.1) is 0 Å². The molecule has 0 spiro atoms. The van der Waals surface area contributed by atoms with Gasteiger partial charge < -0.3 is 30.1 Å². The fourth-order valence-electron chi connectivity index (χ4n) is 4.44. The van der Waals surface area contributed by atoms with Crippen molar-refractivity contribution in [1.82, 2.24) is 10.2 Å². The van der Waals surface area contributed by atoms with Gasteiger partial charge in [0.1, 0.15) is 29.2 Å². The Bertz CT molecular complexity index is 1160. The molecule has 3 amide bonds. The molecular formula is C32H47N3O6. The molecule has 0 aromatic heterocycles. The zero-order chi connectivity index (χ0) is 30.9. The first-order chi connectivity index (χ1) is 19.1. The Kier molecular flexibility index (Phi) is 12.0. The number of nitrogens with one attached hydrogen (secondary N) is 2. The van der Waals surface area contributed by atoms with Crippen molar-refractivity contribution in [2.45, 2.75) is 92.0 Å². The van der Waals surface area contributed by atoms with E-state index in [1.807, 2.05) is 20.8 Å². The topological polar surface area (TPSA) is 117 Å². The third-order valence-electron chi connectivity index (χ3n) is 6.61. The van der Waals surface area contributed by atoms with Crippen molar-refractivity contribution in [1.29, 1.82) is 0 Å². The minimum Gasteiger partial charge on any atom is -0.508 e. The van der Waals surface area contributed by atoms with Crippen LogP contribution >= 0.6 is 0 Å². The molecule has 0 aliphatic carbocycles. The molecule has 3 unspecified atom stereocenters. The summed E-state index contributed by atoms with van der Waals surface area (Å²) < 4.78 is 10.7. The van der Waals surface area contributed by atoms with Crippen LogP contribution in [-0.2, 0) is 14.3 Å². The monoisotopic (exact) mass is 569 g/mol. The number of amides is 3. The van der Waals surface area contributed by atoms with Gasteiger partial charge in [0.25, 0.3) is 5.91 Å². The van der Waals surface area contributed by atoms with Crippen LogP contribution in [0.15, 0.2) is 48.5 Å². The van der Waals surface area contributed by atoms with Gasteiger partial charge in [0, 0.05) is 17.3 Å². The van der Waals surface area contributed by atoms with Crippen LogP contribution in [0.3, 0.4) is 0 Å². The van der Waals surface area contributed by atoms with Crippen molar-refractivity contribution in [3.05, 3.63) is 54.1 Å². The lowest BCUT2D eigenvalue weighted by Crippen LogP contribution is -2.56. The molecule has 0 fully saturated rings. The zero-order valence-corrected chi connectivity index (χ0v) is 25.9. The Labute approximate surface area is 244 Å². The van der Waals surface area contributed by atoms with Gasteiger partial charge in [0.15, 0.2) is 0 Å². The minimum absolute atomic E-state index is 0.113. The molecule has 9 heteroatoms. The number of carbonyl (C=O) groups excluding carboxylic acids is 3. The third-order valence-corrected chi connectivity index (χ3v) is 6.61. The summed E-state index contributed by atoms with van der Waals surface area (Å²) in [6, 6.07) is 10.8. The predicted octanol–water partition coefficient (Wildman–Crippen LogP) is 6.28. The van der Waals surface area contributed by atoms with Crippen molar-refractivity contribution in [3.63, 3.8) is 0 Å². The van der Waals surface area contributed by atoms with Crippen molar-refractivity contribution >= 4 is 23.6 Å². The number of phenols is 1. The summed E-state index contributed by atoms with van der Waals surface area (Å²) in [5, 5.41) is 16.5. The van der Waals surface area contributed by atoms with E-state index in [4.69, 9.17) is 9.47 Å². The Balaban J connectivity index is 2.61. The van der Waals surface area contributed by atoms with Gasteiger partial charge in [-0.05, 0) is 82.7 Å². The van der Waals surface area contributed by atoms with Crippen LogP contribution in [0, 0.1) is 11.8 Å². The summed E-state index contributed by atoms with van der Waals surface area (Å²) in [6.45, 7) is 15.0. The molecule has 3 N–H and O–H groups in total. The predicted molar refractivity (Wildman–Crippen MR) is 161 cm³/mol. The number of aromatic hydroxyl groups is 1. The molecule has 9 nitrogen and oxygen atoms in total. The van der Waals surface area contributed by atoms with Crippen molar-refractivity contribution in [3.8, 4) is 11.5 Å². The Morgan fingerprint density at radius 1 is 0.927 bits per heavy atom. The second-order valence-electron chi connectivity index (χ2n) is 12.1. The minimum atomic E-state index is -1.19. The molecule has 0 aliphatic rings. The molecule has 41 heavy (non-hydrogen) atoms. The fourth-order valence-corrected chi connectivity index (χ4v) is 4.44. The van der Waals surface area contributed by atoms with Crippen molar-refractivity contribution in [2.24, 2.45) is 11.8 Å². The van der Waals surface area contributed by atoms with Crippen molar-refractivity contribution < 1.29 is 29.0 Å². The first kappa shape index (κ1) is 33.5.